The van der Waals surface area contributed by atoms with Gasteiger partial charge in [0.2, 0.25) is 11.7 Å². The number of amides is 1. The number of hydrogen-bond donors (Lipinski definition) is 1. The number of anilines is 1. The van der Waals surface area contributed by atoms with Crippen molar-refractivity contribution in [2.24, 2.45) is 5.92 Å². The van der Waals surface area contributed by atoms with Gasteiger partial charge in [0, 0.05) is 25.7 Å². The van der Waals surface area contributed by atoms with Crippen molar-refractivity contribution in [3.8, 4) is 17.2 Å². The first kappa shape index (κ1) is 18.4. The maximum Gasteiger partial charge on any atom is 0.231 e. The summed E-state index contributed by atoms with van der Waals surface area (Å²) in [5.41, 5.74) is 0.724. The Hall–Kier alpha value is -1.66. The molecule has 124 valence electrons. The molecule has 1 amide bonds. The second-order valence-electron chi connectivity index (χ2n) is 4.97. The number of hydrogen-bond acceptors (Lipinski definition) is 5. The number of rotatable bonds is 5. The molecule has 0 spiro atoms. The molecule has 7 heteroatoms. The third kappa shape index (κ3) is 3.56. The van der Waals surface area contributed by atoms with E-state index in [1.165, 1.54) is 0 Å². The number of benzene rings is 1. The van der Waals surface area contributed by atoms with Crippen LogP contribution in [0.25, 0.3) is 0 Å². The fourth-order valence-corrected chi connectivity index (χ4v) is 2.53. The van der Waals surface area contributed by atoms with Crippen molar-refractivity contribution in [1.29, 1.82) is 0 Å². The SMILES string of the molecule is COc1cc(N(C)C(=O)C2CCNC2)cc(OC)c1OC.Cl. The average molecular weight is 331 g/mol. The number of nitrogens with zero attached hydrogens (tertiary/aromatic N) is 1. The summed E-state index contributed by atoms with van der Waals surface area (Å²) in [6.07, 6.45) is 0.869. The van der Waals surface area contributed by atoms with Crippen LogP contribution >= 0.6 is 12.4 Å². The minimum absolute atomic E-state index is 0. The van der Waals surface area contributed by atoms with Gasteiger partial charge in [0.1, 0.15) is 0 Å². The van der Waals surface area contributed by atoms with E-state index in [0.717, 1.165) is 25.2 Å². The molecule has 6 nitrogen and oxygen atoms in total. The van der Waals surface area contributed by atoms with E-state index in [1.807, 2.05) is 0 Å². The molecule has 0 saturated carbocycles. The molecule has 1 unspecified atom stereocenters. The van der Waals surface area contributed by atoms with Crippen LogP contribution in [0.4, 0.5) is 5.69 Å². The van der Waals surface area contributed by atoms with Gasteiger partial charge in [-0.2, -0.15) is 0 Å². The van der Waals surface area contributed by atoms with E-state index >= 15 is 0 Å². The summed E-state index contributed by atoms with van der Waals surface area (Å²) in [6, 6.07) is 3.56. The molecule has 2 rings (SSSR count). The van der Waals surface area contributed by atoms with Crippen LogP contribution in [0.1, 0.15) is 6.42 Å². The molecular weight excluding hydrogens is 308 g/mol. The molecular formula is C15H23ClN2O4. The maximum absolute atomic E-state index is 12.5. The van der Waals surface area contributed by atoms with Gasteiger partial charge in [-0.1, -0.05) is 0 Å². The lowest BCUT2D eigenvalue weighted by Crippen LogP contribution is -2.34. The minimum atomic E-state index is 0. The molecule has 1 aliphatic heterocycles. The Morgan fingerprint density at radius 2 is 1.77 bits per heavy atom. The van der Waals surface area contributed by atoms with Gasteiger partial charge in [-0.15, -0.1) is 12.4 Å². The third-order valence-electron chi connectivity index (χ3n) is 3.78. The molecule has 1 N–H and O–H groups in total. The molecule has 1 aliphatic rings. The molecule has 0 radical (unpaired) electrons. The normalized spacial score (nSPS) is 16.6. The lowest BCUT2D eigenvalue weighted by molar-refractivity contribution is -0.121. The largest absolute Gasteiger partial charge is 0.493 e. The van der Waals surface area contributed by atoms with Gasteiger partial charge < -0.3 is 24.4 Å². The zero-order chi connectivity index (χ0) is 15.4. The van der Waals surface area contributed by atoms with E-state index in [4.69, 9.17) is 14.2 Å². The zero-order valence-electron chi connectivity index (χ0n) is 13.3. The predicted molar refractivity (Wildman–Crippen MR) is 87.7 cm³/mol. The van der Waals surface area contributed by atoms with Crippen LogP contribution in [0.15, 0.2) is 12.1 Å². The van der Waals surface area contributed by atoms with Crippen molar-refractivity contribution >= 4 is 24.0 Å². The van der Waals surface area contributed by atoms with Crippen LogP contribution in [-0.4, -0.2) is 47.4 Å². The second-order valence-corrected chi connectivity index (χ2v) is 4.97. The molecule has 22 heavy (non-hydrogen) atoms. The number of carbonyl (C=O) groups excluding carboxylic acids is 1. The number of methoxy groups -OCH3 is 3. The first-order chi connectivity index (χ1) is 10.1. The maximum atomic E-state index is 12.5. The Morgan fingerprint density at radius 1 is 1.18 bits per heavy atom. The fourth-order valence-electron chi connectivity index (χ4n) is 2.53. The molecule has 1 heterocycles. The van der Waals surface area contributed by atoms with E-state index in [9.17, 15) is 4.79 Å². The van der Waals surface area contributed by atoms with E-state index in [-0.39, 0.29) is 24.2 Å². The second kappa shape index (κ2) is 8.10. The standard InChI is InChI=1S/C15H22N2O4.ClH/c1-17(15(18)10-5-6-16-9-10)11-7-12(19-2)14(21-4)13(8-11)20-3;/h7-8,10,16H,5-6,9H2,1-4H3;1H. The summed E-state index contributed by atoms with van der Waals surface area (Å²) in [4.78, 5) is 14.1. The van der Waals surface area contributed by atoms with Crippen LogP contribution in [0, 0.1) is 5.92 Å². The summed E-state index contributed by atoms with van der Waals surface area (Å²) in [5.74, 6) is 1.71. The highest BCUT2D eigenvalue weighted by molar-refractivity contribution is 5.95. The number of carbonyl (C=O) groups is 1. The van der Waals surface area contributed by atoms with Crippen molar-refractivity contribution < 1.29 is 19.0 Å². The van der Waals surface area contributed by atoms with Crippen LogP contribution in [-0.2, 0) is 4.79 Å². The van der Waals surface area contributed by atoms with Gasteiger partial charge in [0.05, 0.1) is 32.9 Å². The molecule has 1 saturated heterocycles. The molecule has 1 aromatic rings. The lowest BCUT2D eigenvalue weighted by atomic mass is 10.1. The van der Waals surface area contributed by atoms with E-state index in [0.29, 0.717) is 17.2 Å². The Labute approximate surface area is 137 Å². The van der Waals surface area contributed by atoms with Gasteiger partial charge >= 0.3 is 0 Å². The quantitative estimate of drug-likeness (QED) is 0.890. The number of halogens is 1. The van der Waals surface area contributed by atoms with Gasteiger partial charge in [0.15, 0.2) is 11.5 Å². The fraction of sp³-hybridized carbons (Fsp3) is 0.533. The Bertz CT molecular complexity index is 493. The lowest BCUT2D eigenvalue weighted by Gasteiger charge is -2.23. The van der Waals surface area contributed by atoms with Gasteiger partial charge in [-0.25, -0.2) is 0 Å². The van der Waals surface area contributed by atoms with E-state index in [1.54, 1.807) is 45.4 Å². The zero-order valence-corrected chi connectivity index (χ0v) is 14.2. The van der Waals surface area contributed by atoms with E-state index < -0.39 is 0 Å². The van der Waals surface area contributed by atoms with Gasteiger partial charge in [-0.05, 0) is 13.0 Å². The minimum Gasteiger partial charge on any atom is -0.493 e. The van der Waals surface area contributed by atoms with Crippen molar-refractivity contribution in [2.45, 2.75) is 6.42 Å². The average Bonchev–Trinajstić information content (AvgIpc) is 3.06. The third-order valence-corrected chi connectivity index (χ3v) is 3.78. The van der Waals surface area contributed by atoms with E-state index in [2.05, 4.69) is 5.32 Å². The first-order valence-corrected chi connectivity index (χ1v) is 6.90. The number of nitrogens with one attached hydrogen (secondary N) is 1. The van der Waals surface area contributed by atoms with Crippen molar-refractivity contribution in [3.05, 3.63) is 12.1 Å². The van der Waals surface area contributed by atoms with Crippen molar-refractivity contribution in [1.82, 2.24) is 5.32 Å². The molecule has 0 aliphatic carbocycles. The Kier molecular flexibility index (Phi) is 6.77. The van der Waals surface area contributed by atoms with Crippen LogP contribution in [0.5, 0.6) is 17.2 Å². The summed E-state index contributed by atoms with van der Waals surface area (Å²) >= 11 is 0. The summed E-state index contributed by atoms with van der Waals surface area (Å²) in [5, 5.41) is 3.21. The molecule has 1 fully saturated rings. The topological polar surface area (TPSA) is 60.0 Å². The van der Waals surface area contributed by atoms with Crippen LogP contribution < -0.4 is 24.4 Å². The molecule has 1 atom stereocenters. The highest BCUT2D eigenvalue weighted by atomic mass is 35.5. The highest BCUT2D eigenvalue weighted by Crippen LogP contribution is 2.41. The molecule has 1 aromatic carbocycles. The summed E-state index contributed by atoms with van der Waals surface area (Å²) < 4.78 is 15.9. The smallest absolute Gasteiger partial charge is 0.231 e. The summed E-state index contributed by atoms with van der Waals surface area (Å²) in [7, 11) is 6.44. The van der Waals surface area contributed by atoms with Crippen molar-refractivity contribution in [3.63, 3.8) is 0 Å². The van der Waals surface area contributed by atoms with Crippen molar-refractivity contribution in [2.75, 3.05) is 46.4 Å². The molecule has 0 aromatic heterocycles. The number of ether oxygens (including phenoxy) is 3. The van der Waals surface area contributed by atoms with Crippen LogP contribution in [0.2, 0.25) is 0 Å². The van der Waals surface area contributed by atoms with Gasteiger partial charge in [-0.3, -0.25) is 4.79 Å². The first-order valence-electron chi connectivity index (χ1n) is 6.90. The Balaban J connectivity index is 0.00000242. The predicted octanol–water partition coefficient (Wildman–Crippen LogP) is 1.71. The Morgan fingerprint density at radius 3 is 2.18 bits per heavy atom. The van der Waals surface area contributed by atoms with Crippen LogP contribution in [0.3, 0.4) is 0 Å². The highest BCUT2D eigenvalue weighted by Gasteiger charge is 2.27. The van der Waals surface area contributed by atoms with Gasteiger partial charge in [0.25, 0.3) is 0 Å². The monoisotopic (exact) mass is 330 g/mol. The molecule has 0 bridgehead atoms. The summed E-state index contributed by atoms with van der Waals surface area (Å²) in [6.45, 7) is 1.62.